The van der Waals surface area contributed by atoms with Crippen LogP contribution >= 0.6 is 0 Å². The molecule has 7 heteroatoms. The lowest BCUT2D eigenvalue weighted by Crippen LogP contribution is -2.42. The monoisotopic (exact) mass is 288 g/mol. The third-order valence-electron chi connectivity index (χ3n) is 3.06. The lowest BCUT2D eigenvalue weighted by atomic mass is 10.2. The van der Waals surface area contributed by atoms with Crippen LogP contribution in [0.3, 0.4) is 0 Å². The van der Waals surface area contributed by atoms with Crippen LogP contribution in [0.4, 0.5) is 0 Å². The predicted octanol–water partition coefficient (Wildman–Crippen LogP) is 1.12. The van der Waals surface area contributed by atoms with Crippen molar-refractivity contribution in [2.75, 3.05) is 13.1 Å². The maximum atomic E-state index is 12.0. The molecule has 110 valence electrons. The molecule has 0 radical (unpaired) electrons. The summed E-state index contributed by atoms with van der Waals surface area (Å²) in [4.78, 5) is 2.46. The first-order valence-electron chi connectivity index (χ1n) is 6.51. The first kappa shape index (κ1) is 16.1. The summed E-state index contributed by atoms with van der Waals surface area (Å²) in [6, 6.07) is 0.778. The molecule has 0 aliphatic rings. The molecule has 1 aromatic rings. The van der Waals surface area contributed by atoms with E-state index in [9.17, 15) is 8.42 Å². The maximum absolute atomic E-state index is 12.0. The van der Waals surface area contributed by atoms with Gasteiger partial charge in [0.2, 0.25) is 10.0 Å². The zero-order chi connectivity index (χ0) is 14.6. The zero-order valence-electron chi connectivity index (χ0n) is 12.3. The van der Waals surface area contributed by atoms with Gasteiger partial charge in [-0.15, -0.1) is 0 Å². The molecular formula is C12H24N4O2S. The Morgan fingerprint density at radius 2 is 1.89 bits per heavy atom. The first-order valence-corrected chi connectivity index (χ1v) is 7.99. The summed E-state index contributed by atoms with van der Waals surface area (Å²) >= 11 is 0. The van der Waals surface area contributed by atoms with E-state index in [2.05, 4.69) is 47.5 Å². The second-order valence-corrected chi connectivity index (χ2v) is 6.92. The highest BCUT2D eigenvalue weighted by Crippen LogP contribution is 2.10. The van der Waals surface area contributed by atoms with Gasteiger partial charge in [0, 0.05) is 25.2 Å². The molecule has 0 saturated carbocycles. The average Bonchev–Trinajstić information content (AvgIpc) is 2.70. The number of aryl methyl sites for hydroxylation is 1. The van der Waals surface area contributed by atoms with E-state index in [0.29, 0.717) is 30.9 Å². The average molecular weight is 288 g/mol. The van der Waals surface area contributed by atoms with Crippen LogP contribution in [0.5, 0.6) is 0 Å². The summed E-state index contributed by atoms with van der Waals surface area (Å²) in [6.07, 6.45) is 1.33. The predicted molar refractivity (Wildman–Crippen MR) is 75.5 cm³/mol. The van der Waals surface area contributed by atoms with Crippen LogP contribution in [-0.2, 0) is 10.0 Å². The van der Waals surface area contributed by atoms with E-state index in [1.54, 1.807) is 6.92 Å². The van der Waals surface area contributed by atoms with Crippen molar-refractivity contribution < 1.29 is 8.42 Å². The summed E-state index contributed by atoms with van der Waals surface area (Å²) < 4.78 is 26.7. The van der Waals surface area contributed by atoms with Crippen LogP contribution in [0.15, 0.2) is 11.1 Å². The molecule has 0 unspecified atom stereocenters. The standard InChI is InChI=1S/C12H24N4O2S/c1-9(2)16(10(3)4)7-6-14-19(17,18)12-8-13-15-11(12)5/h8-10,14H,6-7H2,1-5H3,(H,13,15). The normalized spacial score (nSPS) is 12.8. The molecule has 1 rings (SSSR count). The molecule has 0 spiro atoms. The summed E-state index contributed by atoms with van der Waals surface area (Å²) in [5, 5.41) is 6.36. The molecule has 1 heterocycles. The second-order valence-electron chi connectivity index (χ2n) is 5.18. The number of aromatic nitrogens is 2. The molecule has 0 fully saturated rings. The van der Waals surface area contributed by atoms with E-state index >= 15 is 0 Å². The molecule has 1 aromatic heterocycles. The number of nitrogens with zero attached hydrogens (tertiary/aromatic N) is 2. The number of hydrogen-bond acceptors (Lipinski definition) is 4. The van der Waals surface area contributed by atoms with E-state index in [0.717, 1.165) is 0 Å². The Balaban J connectivity index is 2.60. The van der Waals surface area contributed by atoms with Crippen molar-refractivity contribution in [3.8, 4) is 0 Å². The number of rotatable bonds is 7. The van der Waals surface area contributed by atoms with E-state index in [1.165, 1.54) is 6.20 Å². The number of sulfonamides is 1. The van der Waals surface area contributed by atoms with Crippen molar-refractivity contribution in [2.24, 2.45) is 0 Å². The van der Waals surface area contributed by atoms with Gasteiger partial charge in [-0.2, -0.15) is 5.10 Å². The highest BCUT2D eigenvalue weighted by atomic mass is 32.2. The van der Waals surface area contributed by atoms with E-state index < -0.39 is 10.0 Å². The van der Waals surface area contributed by atoms with Crippen LogP contribution in [-0.4, -0.2) is 48.7 Å². The fourth-order valence-corrected chi connectivity index (χ4v) is 3.27. The SMILES string of the molecule is Cc1[nH]ncc1S(=O)(=O)NCCN(C(C)C)C(C)C. The van der Waals surface area contributed by atoms with E-state index in [-0.39, 0.29) is 4.90 Å². The minimum atomic E-state index is -3.47. The maximum Gasteiger partial charge on any atom is 0.243 e. The third-order valence-corrected chi connectivity index (χ3v) is 4.64. The van der Waals surface area contributed by atoms with Gasteiger partial charge in [0.25, 0.3) is 0 Å². The molecule has 0 saturated heterocycles. The number of H-pyrrole nitrogens is 1. The van der Waals surface area contributed by atoms with Gasteiger partial charge in [-0.25, -0.2) is 13.1 Å². The minimum Gasteiger partial charge on any atom is -0.297 e. The Hall–Kier alpha value is -0.920. The molecule has 19 heavy (non-hydrogen) atoms. The summed E-state index contributed by atoms with van der Waals surface area (Å²) in [7, 11) is -3.47. The zero-order valence-corrected chi connectivity index (χ0v) is 13.1. The Morgan fingerprint density at radius 1 is 1.32 bits per heavy atom. The lowest BCUT2D eigenvalue weighted by Gasteiger charge is -2.30. The van der Waals surface area contributed by atoms with Crippen LogP contribution in [0.1, 0.15) is 33.4 Å². The van der Waals surface area contributed by atoms with Gasteiger partial charge in [-0.3, -0.25) is 10.00 Å². The molecule has 0 aliphatic carbocycles. The third kappa shape index (κ3) is 4.29. The topological polar surface area (TPSA) is 78.1 Å². The van der Waals surface area contributed by atoms with Crippen molar-refractivity contribution >= 4 is 10.0 Å². The van der Waals surface area contributed by atoms with Gasteiger partial charge < -0.3 is 0 Å². The molecular weight excluding hydrogens is 264 g/mol. The van der Waals surface area contributed by atoms with Gasteiger partial charge in [-0.1, -0.05) is 0 Å². The van der Waals surface area contributed by atoms with Crippen molar-refractivity contribution in [1.82, 2.24) is 19.8 Å². The molecule has 0 aromatic carbocycles. The van der Waals surface area contributed by atoms with Crippen molar-refractivity contribution in [2.45, 2.75) is 51.6 Å². The Kier molecular flexibility index (Phi) is 5.51. The molecule has 6 nitrogen and oxygen atoms in total. The van der Waals surface area contributed by atoms with Gasteiger partial charge in [0.05, 0.1) is 11.9 Å². The molecule has 0 atom stereocenters. The van der Waals surface area contributed by atoms with Gasteiger partial charge in [0.1, 0.15) is 4.90 Å². The number of aromatic amines is 1. The number of nitrogens with one attached hydrogen (secondary N) is 2. The van der Waals surface area contributed by atoms with Crippen LogP contribution in [0.2, 0.25) is 0 Å². The number of hydrogen-bond donors (Lipinski definition) is 2. The molecule has 0 bridgehead atoms. The summed E-state index contributed by atoms with van der Waals surface area (Å²) in [5.74, 6) is 0. The molecule has 0 amide bonds. The van der Waals surface area contributed by atoms with Crippen molar-refractivity contribution in [3.05, 3.63) is 11.9 Å². The van der Waals surface area contributed by atoms with Crippen LogP contribution < -0.4 is 4.72 Å². The van der Waals surface area contributed by atoms with Crippen molar-refractivity contribution in [1.29, 1.82) is 0 Å². The second kappa shape index (κ2) is 6.49. The quantitative estimate of drug-likeness (QED) is 0.788. The Bertz CT molecular complexity index is 486. The molecule has 0 aliphatic heterocycles. The fraction of sp³-hybridized carbons (Fsp3) is 0.750. The minimum absolute atomic E-state index is 0.216. The van der Waals surface area contributed by atoms with Gasteiger partial charge in [-0.05, 0) is 34.6 Å². The first-order chi connectivity index (χ1) is 8.75. The highest BCUT2D eigenvalue weighted by Gasteiger charge is 2.19. The molecule has 2 N–H and O–H groups in total. The highest BCUT2D eigenvalue weighted by molar-refractivity contribution is 7.89. The smallest absolute Gasteiger partial charge is 0.243 e. The fourth-order valence-electron chi connectivity index (χ4n) is 2.11. The van der Waals surface area contributed by atoms with E-state index in [1.807, 2.05) is 0 Å². The summed E-state index contributed by atoms with van der Waals surface area (Å²) in [6.45, 7) is 11.2. The Labute approximate surface area is 115 Å². The summed E-state index contributed by atoms with van der Waals surface area (Å²) in [5.41, 5.74) is 0.553. The van der Waals surface area contributed by atoms with Gasteiger partial charge >= 0.3 is 0 Å². The lowest BCUT2D eigenvalue weighted by molar-refractivity contribution is 0.179. The Morgan fingerprint density at radius 3 is 2.32 bits per heavy atom. The van der Waals surface area contributed by atoms with Gasteiger partial charge in [0.15, 0.2) is 0 Å². The van der Waals surface area contributed by atoms with E-state index in [4.69, 9.17) is 0 Å². The van der Waals surface area contributed by atoms with Crippen molar-refractivity contribution in [3.63, 3.8) is 0 Å². The van der Waals surface area contributed by atoms with Crippen LogP contribution in [0.25, 0.3) is 0 Å². The largest absolute Gasteiger partial charge is 0.297 e. The van der Waals surface area contributed by atoms with Crippen LogP contribution in [0, 0.1) is 6.92 Å².